The average molecular weight is 415 g/mol. The van der Waals surface area contributed by atoms with Crippen LogP contribution in [-0.2, 0) is 6.54 Å². The van der Waals surface area contributed by atoms with E-state index in [1.807, 2.05) is 22.6 Å². The van der Waals surface area contributed by atoms with Crippen LogP contribution >= 0.6 is 57.4 Å². The second kappa shape index (κ2) is 5.77. The molecule has 0 unspecified atom stereocenters. The molecular weight excluding hydrogens is 409 g/mol. The van der Waals surface area contributed by atoms with Crippen LogP contribution in [0.5, 0.6) is 0 Å². The smallest absolute Gasteiger partial charge is 0.268 e. The molecule has 7 heteroatoms. The second-order valence-corrected chi connectivity index (χ2v) is 5.73. The lowest BCUT2D eigenvalue weighted by Gasteiger charge is -2.09. The van der Waals surface area contributed by atoms with Gasteiger partial charge in [-0.25, -0.2) is 4.98 Å². The molecule has 0 radical (unpaired) electrons. The lowest BCUT2D eigenvalue weighted by Crippen LogP contribution is -2.24. The Labute approximate surface area is 132 Å². The van der Waals surface area contributed by atoms with Crippen LogP contribution in [0.3, 0.4) is 0 Å². The number of benzene rings is 1. The first-order valence-corrected chi connectivity index (χ1v) is 7.05. The molecule has 94 valence electrons. The molecule has 0 amide bonds. The van der Waals surface area contributed by atoms with Gasteiger partial charge in [-0.05, 0) is 34.7 Å². The maximum atomic E-state index is 12.0. The third-order valence-electron chi connectivity index (χ3n) is 2.33. The largest absolute Gasteiger partial charge is 0.294 e. The van der Waals surface area contributed by atoms with Gasteiger partial charge >= 0.3 is 0 Å². The van der Waals surface area contributed by atoms with E-state index in [1.54, 1.807) is 18.2 Å². The van der Waals surface area contributed by atoms with E-state index >= 15 is 0 Å². The SMILES string of the molecule is O=c1c(I)c(Cl)ncn1Cc1c(Cl)cccc1Cl. The van der Waals surface area contributed by atoms with E-state index in [2.05, 4.69) is 4.98 Å². The van der Waals surface area contributed by atoms with E-state index in [1.165, 1.54) is 10.9 Å². The molecule has 0 aliphatic heterocycles. The summed E-state index contributed by atoms with van der Waals surface area (Å²) in [6.07, 6.45) is 1.38. The molecule has 1 aromatic heterocycles. The van der Waals surface area contributed by atoms with Gasteiger partial charge in [0.2, 0.25) is 0 Å². The molecule has 0 N–H and O–H groups in total. The predicted molar refractivity (Wildman–Crippen MR) is 81.8 cm³/mol. The fourth-order valence-electron chi connectivity index (χ4n) is 1.41. The van der Waals surface area contributed by atoms with Crippen LogP contribution in [0.1, 0.15) is 5.56 Å². The van der Waals surface area contributed by atoms with Gasteiger partial charge in [-0.1, -0.05) is 40.9 Å². The van der Waals surface area contributed by atoms with Gasteiger partial charge in [0.15, 0.2) is 0 Å². The zero-order valence-electron chi connectivity index (χ0n) is 8.83. The van der Waals surface area contributed by atoms with E-state index < -0.39 is 0 Å². The molecule has 0 fully saturated rings. The maximum absolute atomic E-state index is 12.0. The van der Waals surface area contributed by atoms with Gasteiger partial charge in [-0.3, -0.25) is 9.36 Å². The normalized spacial score (nSPS) is 10.7. The van der Waals surface area contributed by atoms with Crippen molar-refractivity contribution < 1.29 is 0 Å². The molecule has 3 nitrogen and oxygen atoms in total. The lowest BCUT2D eigenvalue weighted by molar-refractivity contribution is 0.731. The fraction of sp³-hybridized carbons (Fsp3) is 0.0909. The zero-order chi connectivity index (χ0) is 13.3. The number of aromatic nitrogens is 2. The van der Waals surface area contributed by atoms with Crippen molar-refractivity contribution >= 4 is 57.4 Å². The summed E-state index contributed by atoms with van der Waals surface area (Å²) < 4.78 is 1.79. The fourth-order valence-corrected chi connectivity index (χ4v) is 2.50. The Morgan fingerprint density at radius 1 is 1.22 bits per heavy atom. The van der Waals surface area contributed by atoms with Crippen molar-refractivity contribution in [2.45, 2.75) is 6.54 Å². The minimum absolute atomic E-state index is 0.196. The topological polar surface area (TPSA) is 34.9 Å². The van der Waals surface area contributed by atoms with Gasteiger partial charge in [0, 0.05) is 15.6 Å². The molecule has 0 aliphatic rings. The number of nitrogens with zero attached hydrogens (tertiary/aromatic N) is 2. The van der Waals surface area contributed by atoms with Crippen LogP contribution in [0, 0.1) is 3.57 Å². The highest BCUT2D eigenvalue weighted by molar-refractivity contribution is 14.1. The lowest BCUT2D eigenvalue weighted by atomic mass is 10.2. The molecule has 1 heterocycles. The second-order valence-electron chi connectivity index (χ2n) is 3.48. The molecular formula is C11H6Cl3IN2O. The Hall–Kier alpha value is -0.300. The first-order valence-electron chi connectivity index (χ1n) is 4.84. The van der Waals surface area contributed by atoms with Crippen molar-refractivity contribution in [1.29, 1.82) is 0 Å². The average Bonchev–Trinajstić information content (AvgIpc) is 2.34. The summed E-state index contributed by atoms with van der Waals surface area (Å²) in [6, 6.07) is 5.20. The Balaban J connectivity index is 2.47. The molecule has 0 atom stereocenters. The van der Waals surface area contributed by atoms with Crippen LogP contribution in [-0.4, -0.2) is 9.55 Å². The van der Waals surface area contributed by atoms with Crippen molar-refractivity contribution in [3.63, 3.8) is 0 Å². The standard InChI is InChI=1S/C11H6Cl3IN2O/c12-7-2-1-3-8(13)6(7)4-17-5-16-10(14)9(15)11(17)18/h1-3,5H,4H2. The number of halogens is 4. The molecule has 0 bridgehead atoms. The van der Waals surface area contributed by atoms with Crippen LogP contribution in [0.4, 0.5) is 0 Å². The Kier molecular flexibility index (Phi) is 4.53. The Morgan fingerprint density at radius 3 is 2.44 bits per heavy atom. The quantitative estimate of drug-likeness (QED) is 0.552. The molecule has 1 aromatic carbocycles. The monoisotopic (exact) mass is 414 g/mol. The number of hydrogen-bond acceptors (Lipinski definition) is 2. The minimum Gasteiger partial charge on any atom is -0.294 e. The highest BCUT2D eigenvalue weighted by atomic mass is 127. The zero-order valence-corrected chi connectivity index (χ0v) is 13.3. The Morgan fingerprint density at radius 2 is 1.83 bits per heavy atom. The summed E-state index contributed by atoms with van der Waals surface area (Å²) in [5.41, 5.74) is 0.467. The molecule has 0 spiro atoms. The van der Waals surface area contributed by atoms with Crippen molar-refractivity contribution in [3.8, 4) is 0 Å². The predicted octanol–water partition coefficient (Wildman–Crippen LogP) is 3.86. The van der Waals surface area contributed by atoms with Gasteiger partial charge < -0.3 is 0 Å². The first-order chi connectivity index (χ1) is 8.50. The maximum Gasteiger partial charge on any atom is 0.268 e. The van der Waals surface area contributed by atoms with Crippen molar-refractivity contribution in [1.82, 2.24) is 9.55 Å². The Bertz CT molecular complexity index is 637. The third-order valence-corrected chi connectivity index (χ3v) is 4.62. The van der Waals surface area contributed by atoms with Crippen LogP contribution < -0.4 is 5.56 Å². The molecule has 0 aliphatic carbocycles. The van der Waals surface area contributed by atoms with Crippen LogP contribution in [0.25, 0.3) is 0 Å². The van der Waals surface area contributed by atoms with Crippen molar-refractivity contribution in [2.24, 2.45) is 0 Å². The van der Waals surface area contributed by atoms with Gasteiger partial charge in [-0.2, -0.15) is 0 Å². The molecule has 0 saturated heterocycles. The summed E-state index contributed by atoms with van der Waals surface area (Å²) in [7, 11) is 0. The highest BCUT2D eigenvalue weighted by Crippen LogP contribution is 2.24. The summed E-state index contributed by atoms with van der Waals surface area (Å²) in [5.74, 6) is 0. The van der Waals surface area contributed by atoms with Crippen LogP contribution in [0.2, 0.25) is 15.2 Å². The van der Waals surface area contributed by atoms with Crippen molar-refractivity contribution in [3.05, 3.63) is 59.2 Å². The minimum atomic E-state index is -0.216. The summed E-state index contributed by atoms with van der Waals surface area (Å²) >= 11 is 19.7. The third kappa shape index (κ3) is 2.82. The number of hydrogen-bond donors (Lipinski definition) is 0. The van der Waals surface area contributed by atoms with Gasteiger partial charge in [0.05, 0.1) is 12.9 Å². The van der Waals surface area contributed by atoms with Crippen LogP contribution in [0.15, 0.2) is 29.3 Å². The van der Waals surface area contributed by atoms with E-state index in [-0.39, 0.29) is 17.3 Å². The summed E-state index contributed by atoms with van der Waals surface area (Å²) in [6.45, 7) is 0.261. The van der Waals surface area contributed by atoms with E-state index in [4.69, 9.17) is 34.8 Å². The summed E-state index contributed by atoms with van der Waals surface area (Å²) in [5, 5.41) is 1.22. The first kappa shape index (κ1) is 14.1. The highest BCUT2D eigenvalue weighted by Gasteiger charge is 2.10. The van der Waals surface area contributed by atoms with Gasteiger partial charge in [-0.15, -0.1) is 0 Å². The molecule has 0 saturated carbocycles. The van der Waals surface area contributed by atoms with Crippen molar-refractivity contribution in [2.75, 3.05) is 0 Å². The van der Waals surface area contributed by atoms with E-state index in [0.717, 1.165) is 0 Å². The number of rotatable bonds is 2. The summed E-state index contributed by atoms with van der Waals surface area (Å²) in [4.78, 5) is 15.9. The van der Waals surface area contributed by atoms with E-state index in [0.29, 0.717) is 19.2 Å². The molecule has 2 aromatic rings. The molecule has 2 rings (SSSR count). The van der Waals surface area contributed by atoms with E-state index in [9.17, 15) is 4.79 Å². The van der Waals surface area contributed by atoms with Gasteiger partial charge in [0.25, 0.3) is 5.56 Å². The molecule has 18 heavy (non-hydrogen) atoms. The van der Waals surface area contributed by atoms with Gasteiger partial charge in [0.1, 0.15) is 8.72 Å².